The molecule has 0 saturated carbocycles. The molecule has 1 heterocycles. The number of alkyl halides is 6. The normalized spacial score (nSPS) is 12.5. The third-order valence-electron chi connectivity index (χ3n) is 2.24. The fourth-order valence-corrected chi connectivity index (χ4v) is 2.55. The van der Waals surface area contributed by atoms with Crippen LogP contribution in [-0.4, -0.2) is 15.0 Å². The van der Waals surface area contributed by atoms with E-state index in [1.807, 2.05) is 12.1 Å². The zero-order chi connectivity index (χ0) is 15.8. The predicted molar refractivity (Wildman–Crippen MR) is 107 cm³/mol. The predicted octanol–water partition coefficient (Wildman–Crippen LogP) is 6.78. The van der Waals surface area contributed by atoms with Crippen molar-refractivity contribution in [2.75, 3.05) is 0 Å². The van der Waals surface area contributed by atoms with Crippen molar-refractivity contribution in [2.45, 2.75) is 4.29 Å². The maximum Gasteiger partial charge on any atom is 0.194 e. The topological polar surface area (TPSA) is 38.7 Å². The summed E-state index contributed by atoms with van der Waals surface area (Å²) >= 11 is 26.4. The molecule has 2 rings (SSSR count). The van der Waals surface area contributed by atoms with Crippen LogP contribution in [0.25, 0.3) is 11.4 Å². The minimum atomic E-state index is -0.746. The molecular weight excluding hydrogens is 689 g/mol. The summed E-state index contributed by atoms with van der Waals surface area (Å²) in [6.07, 6.45) is 0. The standard InChI is InChI=1S/C11H4Br6ClN3/c12-10(13,14)8-19-7(5-1-3-6(18)4-2-5)20-9(21-8)11(15,16)17/h1-4H. The number of hydrogen-bond acceptors (Lipinski definition) is 3. The molecule has 0 bridgehead atoms. The second-order valence-corrected chi connectivity index (χ2v) is 17.8. The number of rotatable bonds is 1. The van der Waals surface area contributed by atoms with E-state index >= 15 is 0 Å². The van der Waals surface area contributed by atoms with Gasteiger partial charge in [0.1, 0.15) is 0 Å². The van der Waals surface area contributed by atoms with Gasteiger partial charge < -0.3 is 0 Å². The summed E-state index contributed by atoms with van der Waals surface area (Å²) in [6.45, 7) is 0. The monoisotopic (exact) mass is 687 g/mol. The SMILES string of the molecule is Clc1ccc(-c2nc(C(Br)(Br)Br)nc(C(Br)(Br)Br)n2)cc1. The lowest BCUT2D eigenvalue weighted by atomic mass is 10.2. The Bertz CT molecular complexity index is 618. The van der Waals surface area contributed by atoms with Crippen LogP contribution in [0.15, 0.2) is 24.3 Å². The summed E-state index contributed by atoms with van der Waals surface area (Å²) in [5.41, 5.74) is 0.831. The molecule has 3 nitrogen and oxygen atoms in total. The van der Waals surface area contributed by atoms with Crippen molar-refractivity contribution in [3.8, 4) is 11.4 Å². The first-order chi connectivity index (χ1) is 9.57. The Balaban J connectivity index is 2.63. The number of nitrogens with zero attached hydrogens (tertiary/aromatic N) is 3. The lowest BCUT2D eigenvalue weighted by Gasteiger charge is -2.17. The molecule has 0 atom stereocenters. The van der Waals surface area contributed by atoms with Crippen LogP contribution in [0.4, 0.5) is 0 Å². The van der Waals surface area contributed by atoms with Crippen molar-refractivity contribution >= 4 is 107 Å². The highest BCUT2D eigenvalue weighted by Crippen LogP contribution is 2.46. The maximum atomic E-state index is 5.91. The van der Waals surface area contributed by atoms with Crippen LogP contribution in [0.1, 0.15) is 11.6 Å². The van der Waals surface area contributed by atoms with Crippen LogP contribution in [0.5, 0.6) is 0 Å². The van der Waals surface area contributed by atoms with Gasteiger partial charge in [0.2, 0.25) is 0 Å². The highest BCUT2D eigenvalue weighted by Gasteiger charge is 2.32. The largest absolute Gasteiger partial charge is 0.211 e. The van der Waals surface area contributed by atoms with Crippen LogP contribution in [0, 0.1) is 0 Å². The summed E-state index contributed by atoms with van der Waals surface area (Å²) in [5.74, 6) is 1.47. The average molecular weight is 693 g/mol. The quantitative estimate of drug-likeness (QED) is 0.310. The van der Waals surface area contributed by atoms with Gasteiger partial charge >= 0.3 is 0 Å². The van der Waals surface area contributed by atoms with E-state index in [2.05, 4.69) is 111 Å². The molecule has 0 aliphatic carbocycles. The van der Waals surface area contributed by atoms with Gasteiger partial charge in [-0.2, -0.15) is 0 Å². The van der Waals surface area contributed by atoms with Gasteiger partial charge in [0, 0.05) is 10.6 Å². The van der Waals surface area contributed by atoms with E-state index in [1.54, 1.807) is 12.1 Å². The van der Waals surface area contributed by atoms with Gasteiger partial charge in [-0.05, 0) is 24.3 Å². The zero-order valence-corrected chi connectivity index (χ0v) is 20.1. The molecule has 0 aliphatic rings. The summed E-state index contributed by atoms with van der Waals surface area (Å²) in [4.78, 5) is 13.3. The maximum absolute atomic E-state index is 5.91. The minimum absolute atomic E-state index is 0.472. The third kappa shape index (κ3) is 5.19. The van der Waals surface area contributed by atoms with Crippen molar-refractivity contribution in [2.24, 2.45) is 0 Å². The molecule has 112 valence electrons. The summed E-state index contributed by atoms with van der Waals surface area (Å²) < 4.78 is -1.49. The Labute approximate surface area is 176 Å². The Kier molecular flexibility index (Phi) is 6.34. The van der Waals surface area contributed by atoms with E-state index in [0.29, 0.717) is 22.5 Å². The first kappa shape index (κ1) is 18.7. The molecule has 1 aromatic carbocycles. The van der Waals surface area contributed by atoms with Crippen molar-refractivity contribution in [1.82, 2.24) is 15.0 Å². The van der Waals surface area contributed by atoms with Crippen LogP contribution < -0.4 is 0 Å². The highest BCUT2D eigenvalue weighted by molar-refractivity contribution is 9.39. The highest BCUT2D eigenvalue weighted by atomic mass is 80.0. The molecule has 0 radical (unpaired) electrons. The van der Waals surface area contributed by atoms with Gasteiger partial charge in [0.15, 0.2) is 21.8 Å². The molecular formula is C11H4Br6ClN3. The van der Waals surface area contributed by atoms with Crippen molar-refractivity contribution in [1.29, 1.82) is 0 Å². The molecule has 0 aliphatic heterocycles. The molecule has 0 N–H and O–H groups in total. The summed E-state index contributed by atoms with van der Waals surface area (Å²) in [7, 11) is 0. The third-order valence-corrected chi connectivity index (χ3v) is 4.62. The number of benzene rings is 1. The Morgan fingerprint density at radius 2 is 1.14 bits per heavy atom. The molecule has 2 aromatic rings. The first-order valence-electron chi connectivity index (χ1n) is 5.24. The second kappa shape index (κ2) is 7.11. The lowest BCUT2D eigenvalue weighted by Crippen LogP contribution is -2.15. The van der Waals surface area contributed by atoms with Crippen LogP contribution in [0.2, 0.25) is 5.02 Å². The Hall–Kier alpha value is 1.40. The van der Waals surface area contributed by atoms with Crippen molar-refractivity contribution in [3.63, 3.8) is 0 Å². The van der Waals surface area contributed by atoms with Gasteiger partial charge in [0.05, 0.1) is 0 Å². The van der Waals surface area contributed by atoms with Gasteiger partial charge in [-0.1, -0.05) is 107 Å². The van der Waals surface area contributed by atoms with Crippen molar-refractivity contribution < 1.29 is 0 Å². The minimum Gasteiger partial charge on any atom is -0.211 e. The number of halogens is 7. The average Bonchev–Trinajstić information content (AvgIpc) is 2.37. The molecule has 1 aromatic heterocycles. The molecule has 0 unspecified atom stereocenters. The molecule has 0 spiro atoms. The molecule has 10 heteroatoms. The lowest BCUT2D eigenvalue weighted by molar-refractivity contribution is 0.893. The second-order valence-electron chi connectivity index (χ2n) is 3.81. The van der Waals surface area contributed by atoms with Crippen LogP contribution in [0.3, 0.4) is 0 Å². The van der Waals surface area contributed by atoms with Crippen LogP contribution in [-0.2, 0) is 4.29 Å². The van der Waals surface area contributed by atoms with Gasteiger partial charge in [0.25, 0.3) is 0 Å². The molecule has 0 amide bonds. The molecule has 0 saturated heterocycles. The van der Waals surface area contributed by atoms with E-state index in [-0.39, 0.29) is 0 Å². The zero-order valence-electron chi connectivity index (χ0n) is 9.80. The van der Waals surface area contributed by atoms with Crippen LogP contribution >= 0.6 is 107 Å². The van der Waals surface area contributed by atoms with E-state index < -0.39 is 4.29 Å². The summed E-state index contributed by atoms with van der Waals surface area (Å²) in [5, 5.41) is 0.653. The summed E-state index contributed by atoms with van der Waals surface area (Å²) in [6, 6.07) is 7.27. The van der Waals surface area contributed by atoms with Gasteiger partial charge in [-0.3, -0.25) is 0 Å². The van der Waals surface area contributed by atoms with Gasteiger partial charge in [-0.15, -0.1) is 0 Å². The number of aromatic nitrogens is 3. The number of hydrogen-bond donors (Lipinski definition) is 0. The first-order valence-corrected chi connectivity index (χ1v) is 10.4. The van der Waals surface area contributed by atoms with E-state index in [4.69, 9.17) is 11.6 Å². The smallest absolute Gasteiger partial charge is 0.194 e. The molecule has 0 fully saturated rings. The van der Waals surface area contributed by atoms with Gasteiger partial charge in [-0.25, -0.2) is 15.0 Å². The fraction of sp³-hybridized carbons (Fsp3) is 0.182. The van der Waals surface area contributed by atoms with E-state index in [1.165, 1.54) is 0 Å². The molecule has 21 heavy (non-hydrogen) atoms. The van der Waals surface area contributed by atoms with E-state index in [9.17, 15) is 0 Å². The fourth-order valence-electron chi connectivity index (χ4n) is 1.36. The Morgan fingerprint density at radius 1 is 0.714 bits per heavy atom. The Morgan fingerprint density at radius 3 is 1.52 bits per heavy atom. The van der Waals surface area contributed by atoms with Crippen molar-refractivity contribution in [3.05, 3.63) is 40.9 Å². The van der Waals surface area contributed by atoms with E-state index in [0.717, 1.165) is 5.56 Å².